The third kappa shape index (κ3) is 8.69. The summed E-state index contributed by atoms with van der Waals surface area (Å²) in [5.41, 5.74) is 0. The lowest BCUT2D eigenvalue weighted by molar-refractivity contribution is 0.789. The Morgan fingerprint density at radius 2 is 2.26 bits per heavy atom. The fourth-order valence-electron chi connectivity index (χ4n) is 1.39. The number of nitrogens with zero attached hydrogens (tertiary/aromatic N) is 2. The molecule has 0 amide bonds. The van der Waals surface area contributed by atoms with Crippen molar-refractivity contribution in [3.63, 3.8) is 0 Å². The van der Waals surface area contributed by atoms with Crippen molar-refractivity contribution in [3.8, 4) is 0 Å². The minimum atomic E-state index is 0. The maximum absolute atomic E-state index is 4.53. The zero-order valence-electron chi connectivity index (χ0n) is 11.7. The molecule has 2 N–H and O–H groups in total. The highest BCUT2D eigenvalue weighted by molar-refractivity contribution is 14.0. The molecule has 0 aliphatic heterocycles. The second-order valence-corrected chi connectivity index (χ2v) is 6.14. The fraction of sp³-hybridized carbons (Fsp3) is 0.667. The van der Waals surface area contributed by atoms with Crippen molar-refractivity contribution in [1.82, 2.24) is 15.6 Å². The molecule has 7 heteroatoms. The average molecular weight is 414 g/mol. The molecular weight excluding hydrogens is 391 g/mol. The number of hydrogen-bond donors (Lipinski definition) is 2. The molecular formula is C12H23IN4S2. The Morgan fingerprint density at radius 1 is 1.47 bits per heavy atom. The van der Waals surface area contributed by atoms with Crippen LogP contribution in [0.25, 0.3) is 0 Å². The zero-order valence-corrected chi connectivity index (χ0v) is 15.7. The molecule has 19 heavy (non-hydrogen) atoms. The summed E-state index contributed by atoms with van der Waals surface area (Å²) >= 11 is 3.57. The van der Waals surface area contributed by atoms with Crippen LogP contribution in [0.3, 0.4) is 0 Å². The van der Waals surface area contributed by atoms with Gasteiger partial charge in [-0.05, 0) is 32.3 Å². The van der Waals surface area contributed by atoms with Gasteiger partial charge in [0.25, 0.3) is 0 Å². The lowest BCUT2D eigenvalue weighted by Gasteiger charge is -2.10. The largest absolute Gasteiger partial charge is 0.357 e. The van der Waals surface area contributed by atoms with Gasteiger partial charge in [-0.3, -0.25) is 0 Å². The summed E-state index contributed by atoms with van der Waals surface area (Å²) < 4.78 is 0. The number of aromatic nitrogens is 1. The first-order chi connectivity index (χ1) is 8.76. The van der Waals surface area contributed by atoms with Crippen molar-refractivity contribution in [1.29, 1.82) is 0 Å². The standard InChI is InChI=1S/C12H22N4S2.HI/c1-4-13-12(14-6-5-7-17-3)16-9-11-15-8-10(2)18-11;/h8H,4-7,9H2,1-3H3,(H2,13,14,16);1H. The van der Waals surface area contributed by atoms with Crippen molar-refractivity contribution in [2.24, 2.45) is 4.99 Å². The van der Waals surface area contributed by atoms with Gasteiger partial charge in [-0.15, -0.1) is 35.3 Å². The van der Waals surface area contributed by atoms with E-state index in [-0.39, 0.29) is 24.0 Å². The van der Waals surface area contributed by atoms with E-state index in [0.29, 0.717) is 6.54 Å². The Labute approximate surface area is 141 Å². The highest BCUT2D eigenvalue weighted by atomic mass is 127. The van der Waals surface area contributed by atoms with Crippen LogP contribution in [0.1, 0.15) is 23.2 Å². The van der Waals surface area contributed by atoms with E-state index >= 15 is 0 Å². The summed E-state index contributed by atoms with van der Waals surface area (Å²) in [5, 5.41) is 7.64. The molecule has 0 unspecified atom stereocenters. The van der Waals surface area contributed by atoms with Crippen LogP contribution in [0, 0.1) is 6.92 Å². The van der Waals surface area contributed by atoms with Gasteiger partial charge < -0.3 is 10.6 Å². The Hall–Kier alpha value is -0.0200. The van der Waals surface area contributed by atoms with Crippen LogP contribution in [-0.2, 0) is 6.54 Å². The van der Waals surface area contributed by atoms with Gasteiger partial charge in [-0.25, -0.2) is 9.98 Å². The summed E-state index contributed by atoms with van der Waals surface area (Å²) in [5.74, 6) is 2.06. The molecule has 0 aromatic carbocycles. The van der Waals surface area contributed by atoms with Crippen molar-refractivity contribution >= 4 is 53.0 Å². The fourth-order valence-corrected chi connectivity index (χ4v) is 2.53. The first-order valence-electron chi connectivity index (χ1n) is 6.18. The summed E-state index contributed by atoms with van der Waals surface area (Å²) in [4.78, 5) is 10.1. The van der Waals surface area contributed by atoms with E-state index in [1.54, 1.807) is 11.3 Å². The molecule has 1 aromatic heterocycles. The molecule has 0 bridgehead atoms. The maximum Gasteiger partial charge on any atom is 0.191 e. The second kappa shape index (κ2) is 11.8. The molecule has 0 spiro atoms. The van der Waals surface area contributed by atoms with Crippen LogP contribution in [0.15, 0.2) is 11.2 Å². The molecule has 4 nitrogen and oxygen atoms in total. The third-order valence-electron chi connectivity index (χ3n) is 2.20. The van der Waals surface area contributed by atoms with E-state index in [1.807, 2.05) is 18.0 Å². The highest BCUT2D eigenvalue weighted by Gasteiger charge is 1.99. The Kier molecular flexibility index (Phi) is 11.8. The van der Waals surface area contributed by atoms with E-state index < -0.39 is 0 Å². The van der Waals surface area contributed by atoms with Crippen molar-refractivity contribution in [2.75, 3.05) is 25.1 Å². The SMILES string of the molecule is CCNC(=NCc1ncc(C)s1)NCCCSC.I. The molecule has 1 heterocycles. The Bertz CT molecular complexity index is 368. The first-order valence-corrected chi connectivity index (χ1v) is 8.39. The van der Waals surface area contributed by atoms with Gasteiger partial charge >= 0.3 is 0 Å². The van der Waals surface area contributed by atoms with Gasteiger partial charge in [0.1, 0.15) is 5.01 Å². The highest BCUT2D eigenvalue weighted by Crippen LogP contribution is 2.11. The average Bonchev–Trinajstić information content (AvgIpc) is 2.77. The zero-order chi connectivity index (χ0) is 13.2. The minimum Gasteiger partial charge on any atom is -0.357 e. The number of aryl methyl sites for hydroxylation is 1. The van der Waals surface area contributed by atoms with Gasteiger partial charge in [-0.1, -0.05) is 0 Å². The number of halogens is 1. The van der Waals surface area contributed by atoms with Crippen LogP contribution in [0.5, 0.6) is 0 Å². The molecule has 1 aromatic rings. The maximum atomic E-state index is 4.53. The predicted octanol–water partition coefficient (Wildman–Crippen LogP) is 2.88. The Morgan fingerprint density at radius 3 is 2.84 bits per heavy atom. The van der Waals surface area contributed by atoms with Gasteiger partial charge in [0, 0.05) is 24.2 Å². The van der Waals surface area contributed by atoms with E-state index in [9.17, 15) is 0 Å². The summed E-state index contributed by atoms with van der Waals surface area (Å²) in [6, 6.07) is 0. The number of aliphatic imine (C=N–C) groups is 1. The molecule has 110 valence electrons. The lowest BCUT2D eigenvalue weighted by atomic mass is 10.5. The van der Waals surface area contributed by atoms with Gasteiger partial charge in [0.15, 0.2) is 5.96 Å². The number of hydrogen-bond acceptors (Lipinski definition) is 4. The van der Waals surface area contributed by atoms with Crippen LogP contribution in [0.4, 0.5) is 0 Å². The number of nitrogens with one attached hydrogen (secondary N) is 2. The summed E-state index contributed by atoms with van der Waals surface area (Å²) in [7, 11) is 0. The molecule has 1 rings (SSSR count). The van der Waals surface area contributed by atoms with E-state index in [0.717, 1.165) is 30.5 Å². The molecule has 0 atom stereocenters. The van der Waals surface area contributed by atoms with E-state index in [4.69, 9.17) is 0 Å². The minimum absolute atomic E-state index is 0. The summed E-state index contributed by atoms with van der Waals surface area (Å²) in [6.45, 7) is 6.63. The van der Waals surface area contributed by atoms with Crippen molar-refractivity contribution in [2.45, 2.75) is 26.8 Å². The van der Waals surface area contributed by atoms with E-state index in [2.05, 4.69) is 40.7 Å². The third-order valence-corrected chi connectivity index (χ3v) is 3.80. The molecule has 0 saturated carbocycles. The van der Waals surface area contributed by atoms with Crippen molar-refractivity contribution in [3.05, 3.63) is 16.1 Å². The van der Waals surface area contributed by atoms with Crippen LogP contribution >= 0.6 is 47.1 Å². The lowest BCUT2D eigenvalue weighted by Crippen LogP contribution is -2.37. The monoisotopic (exact) mass is 414 g/mol. The number of rotatable bonds is 7. The number of guanidine groups is 1. The molecule has 0 aliphatic rings. The normalized spacial score (nSPS) is 11.0. The predicted molar refractivity (Wildman–Crippen MR) is 98.1 cm³/mol. The van der Waals surface area contributed by atoms with Crippen LogP contribution in [0.2, 0.25) is 0 Å². The molecule has 0 saturated heterocycles. The van der Waals surface area contributed by atoms with Gasteiger partial charge in [0.2, 0.25) is 0 Å². The first kappa shape index (κ1) is 19.0. The van der Waals surface area contributed by atoms with Crippen molar-refractivity contribution < 1.29 is 0 Å². The molecule has 0 aliphatic carbocycles. The quantitative estimate of drug-likeness (QED) is 0.312. The van der Waals surface area contributed by atoms with Crippen LogP contribution < -0.4 is 10.6 Å². The topological polar surface area (TPSA) is 49.3 Å². The second-order valence-electron chi connectivity index (χ2n) is 3.83. The number of thiazole rings is 1. The smallest absolute Gasteiger partial charge is 0.191 e. The Balaban J connectivity index is 0.00000324. The molecule has 0 radical (unpaired) electrons. The van der Waals surface area contributed by atoms with Crippen LogP contribution in [-0.4, -0.2) is 36.0 Å². The van der Waals surface area contributed by atoms with Gasteiger partial charge in [-0.2, -0.15) is 11.8 Å². The number of thioether (sulfide) groups is 1. The van der Waals surface area contributed by atoms with E-state index in [1.165, 1.54) is 10.6 Å². The molecule has 0 fully saturated rings. The summed E-state index contributed by atoms with van der Waals surface area (Å²) in [6.07, 6.45) is 5.18. The van der Waals surface area contributed by atoms with Gasteiger partial charge in [0.05, 0.1) is 6.54 Å².